The maximum absolute atomic E-state index is 12.0. The van der Waals surface area contributed by atoms with Gasteiger partial charge in [0.15, 0.2) is 4.96 Å². The van der Waals surface area contributed by atoms with Gasteiger partial charge in [0.2, 0.25) is 0 Å². The summed E-state index contributed by atoms with van der Waals surface area (Å²) in [6.07, 6.45) is 0. The van der Waals surface area contributed by atoms with Crippen molar-refractivity contribution in [2.24, 2.45) is 0 Å². The Balaban J connectivity index is 1.87. The molecule has 21 heavy (non-hydrogen) atoms. The second kappa shape index (κ2) is 5.67. The largest absolute Gasteiger partial charge is 0.486 e. The third kappa shape index (κ3) is 2.90. The third-order valence-corrected chi connectivity index (χ3v) is 4.37. The molecule has 0 aliphatic heterocycles. The van der Waals surface area contributed by atoms with Gasteiger partial charge in [-0.1, -0.05) is 23.2 Å². The van der Waals surface area contributed by atoms with E-state index in [1.54, 1.807) is 22.6 Å². The van der Waals surface area contributed by atoms with E-state index in [1.807, 2.05) is 12.3 Å². The van der Waals surface area contributed by atoms with Crippen LogP contribution in [0, 0.1) is 6.92 Å². The van der Waals surface area contributed by atoms with Crippen molar-refractivity contribution in [2.75, 3.05) is 0 Å². The molecule has 0 radical (unpaired) electrons. The first-order valence-electron chi connectivity index (χ1n) is 6.09. The van der Waals surface area contributed by atoms with E-state index >= 15 is 0 Å². The molecule has 2 aromatic heterocycles. The SMILES string of the molecule is Cc1csc2nc(COc3ccc(Cl)cc3Cl)cc(=O)n12. The smallest absolute Gasteiger partial charge is 0.259 e. The lowest BCUT2D eigenvalue weighted by atomic mass is 10.3. The Labute approximate surface area is 134 Å². The summed E-state index contributed by atoms with van der Waals surface area (Å²) in [4.78, 5) is 17.1. The van der Waals surface area contributed by atoms with E-state index in [1.165, 1.54) is 17.4 Å². The molecule has 0 spiro atoms. The lowest BCUT2D eigenvalue weighted by Gasteiger charge is -2.08. The summed E-state index contributed by atoms with van der Waals surface area (Å²) in [6.45, 7) is 2.04. The van der Waals surface area contributed by atoms with Crippen LogP contribution in [0.3, 0.4) is 0 Å². The number of nitrogens with zero attached hydrogens (tertiary/aromatic N) is 2. The molecule has 4 nitrogen and oxygen atoms in total. The van der Waals surface area contributed by atoms with Crippen LogP contribution in [0.5, 0.6) is 5.75 Å². The highest BCUT2D eigenvalue weighted by Crippen LogP contribution is 2.28. The van der Waals surface area contributed by atoms with Gasteiger partial charge in [0, 0.05) is 22.2 Å². The second-order valence-electron chi connectivity index (χ2n) is 4.44. The van der Waals surface area contributed by atoms with Gasteiger partial charge < -0.3 is 4.74 Å². The molecule has 0 aliphatic carbocycles. The van der Waals surface area contributed by atoms with Crippen molar-refractivity contribution in [3.05, 3.63) is 61.4 Å². The van der Waals surface area contributed by atoms with Crippen molar-refractivity contribution >= 4 is 39.5 Å². The number of halogens is 2. The zero-order valence-electron chi connectivity index (χ0n) is 11.0. The minimum absolute atomic E-state index is 0.112. The Morgan fingerprint density at radius 2 is 2.14 bits per heavy atom. The van der Waals surface area contributed by atoms with Gasteiger partial charge in [-0.3, -0.25) is 9.20 Å². The van der Waals surface area contributed by atoms with Crippen molar-refractivity contribution < 1.29 is 4.74 Å². The second-order valence-corrected chi connectivity index (χ2v) is 6.12. The van der Waals surface area contributed by atoms with Crippen molar-refractivity contribution in [1.29, 1.82) is 0 Å². The fourth-order valence-corrected chi connectivity index (χ4v) is 3.27. The van der Waals surface area contributed by atoms with E-state index in [0.717, 1.165) is 5.69 Å². The topological polar surface area (TPSA) is 43.6 Å². The quantitative estimate of drug-likeness (QED) is 0.725. The zero-order valence-corrected chi connectivity index (χ0v) is 13.3. The van der Waals surface area contributed by atoms with Crippen molar-refractivity contribution in [1.82, 2.24) is 9.38 Å². The maximum atomic E-state index is 12.0. The molecular formula is C14H10Cl2N2O2S. The normalized spacial score (nSPS) is 11.0. The highest BCUT2D eigenvalue weighted by molar-refractivity contribution is 7.15. The Kier molecular flexibility index (Phi) is 3.89. The van der Waals surface area contributed by atoms with E-state index < -0.39 is 0 Å². The molecule has 1 aromatic carbocycles. The molecule has 0 amide bonds. The number of hydrogen-bond donors (Lipinski definition) is 0. The number of aryl methyl sites for hydroxylation is 1. The molecule has 2 heterocycles. The molecule has 0 aliphatic rings. The number of fused-ring (bicyclic) bond motifs is 1. The number of ether oxygens (including phenoxy) is 1. The van der Waals surface area contributed by atoms with Gasteiger partial charge in [0.05, 0.1) is 10.7 Å². The minimum atomic E-state index is -0.112. The van der Waals surface area contributed by atoms with Crippen LogP contribution in [0.1, 0.15) is 11.4 Å². The van der Waals surface area contributed by atoms with Gasteiger partial charge in [0.1, 0.15) is 12.4 Å². The Bertz CT molecular complexity index is 873. The van der Waals surface area contributed by atoms with Crippen molar-refractivity contribution in [2.45, 2.75) is 13.5 Å². The van der Waals surface area contributed by atoms with Crippen molar-refractivity contribution in [3.8, 4) is 5.75 Å². The minimum Gasteiger partial charge on any atom is -0.486 e. The number of rotatable bonds is 3. The lowest BCUT2D eigenvalue weighted by molar-refractivity contribution is 0.301. The van der Waals surface area contributed by atoms with Crippen LogP contribution in [0.2, 0.25) is 10.0 Å². The Morgan fingerprint density at radius 3 is 2.90 bits per heavy atom. The maximum Gasteiger partial charge on any atom is 0.259 e. The molecule has 0 atom stereocenters. The summed E-state index contributed by atoms with van der Waals surface area (Å²) in [7, 11) is 0. The predicted molar refractivity (Wildman–Crippen MR) is 84.9 cm³/mol. The molecule has 0 unspecified atom stereocenters. The monoisotopic (exact) mass is 340 g/mol. The first-order valence-corrected chi connectivity index (χ1v) is 7.73. The molecule has 0 saturated heterocycles. The van der Waals surface area contributed by atoms with E-state index in [-0.39, 0.29) is 12.2 Å². The number of thiazole rings is 1. The third-order valence-electron chi connectivity index (χ3n) is 2.90. The predicted octanol–water partition coefficient (Wildman–Crippen LogP) is 3.95. The summed E-state index contributed by atoms with van der Waals surface area (Å²) in [6, 6.07) is 6.45. The first-order chi connectivity index (χ1) is 10.0. The van der Waals surface area contributed by atoms with Gasteiger partial charge >= 0.3 is 0 Å². The fraction of sp³-hybridized carbons (Fsp3) is 0.143. The van der Waals surface area contributed by atoms with Crippen LogP contribution in [-0.4, -0.2) is 9.38 Å². The molecule has 7 heteroatoms. The van der Waals surface area contributed by atoms with Gasteiger partial charge in [-0.05, 0) is 25.1 Å². The van der Waals surface area contributed by atoms with E-state index in [9.17, 15) is 4.79 Å². The van der Waals surface area contributed by atoms with Gasteiger partial charge in [0.25, 0.3) is 5.56 Å². The summed E-state index contributed by atoms with van der Waals surface area (Å²) in [5.74, 6) is 0.505. The number of hydrogen-bond acceptors (Lipinski definition) is 4. The molecule has 0 fully saturated rings. The fourth-order valence-electron chi connectivity index (χ4n) is 1.92. The van der Waals surface area contributed by atoms with Crippen molar-refractivity contribution in [3.63, 3.8) is 0 Å². The molecular weight excluding hydrogens is 331 g/mol. The Morgan fingerprint density at radius 1 is 1.33 bits per heavy atom. The summed E-state index contributed by atoms with van der Waals surface area (Å²) < 4.78 is 7.16. The highest BCUT2D eigenvalue weighted by Gasteiger charge is 2.08. The zero-order chi connectivity index (χ0) is 15.0. The summed E-state index contributed by atoms with van der Waals surface area (Å²) in [5.41, 5.74) is 1.33. The van der Waals surface area contributed by atoms with Crippen LogP contribution in [0.25, 0.3) is 4.96 Å². The average Bonchev–Trinajstić information content (AvgIpc) is 2.80. The molecule has 0 bridgehead atoms. The number of aromatic nitrogens is 2. The molecule has 0 saturated carbocycles. The van der Waals surface area contributed by atoms with E-state index in [0.29, 0.717) is 26.4 Å². The lowest BCUT2D eigenvalue weighted by Crippen LogP contribution is -2.15. The van der Waals surface area contributed by atoms with Crippen LogP contribution in [-0.2, 0) is 6.61 Å². The van der Waals surface area contributed by atoms with Crippen LogP contribution >= 0.6 is 34.5 Å². The average molecular weight is 341 g/mol. The van der Waals surface area contributed by atoms with Gasteiger partial charge in [-0.25, -0.2) is 4.98 Å². The van der Waals surface area contributed by atoms with E-state index in [4.69, 9.17) is 27.9 Å². The van der Waals surface area contributed by atoms with Crippen LogP contribution < -0.4 is 10.3 Å². The molecule has 0 N–H and O–H groups in total. The molecule has 3 rings (SSSR count). The highest BCUT2D eigenvalue weighted by atomic mass is 35.5. The molecule has 108 valence electrons. The molecule has 3 aromatic rings. The summed E-state index contributed by atoms with van der Waals surface area (Å²) >= 11 is 13.3. The van der Waals surface area contributed by atoms with E-state index in [2.05, 4.69) is 4.98 Å². The number of benzene rings is 1. The van der Waals surface area contributed by atoms with Crippen LogP contribution in [0.15, 0.2) is 34.4 Å². The summed E-state index contributed by atoms with van der Waals surface area (Å²) in [5, 5.41) is 2.86. The Hall–Kier alpha value is -1.56. The van der Waals surface area contributed by atoms with Gasteiger partial charge in [-0.2, -0.15) is 0 Å². The first kappa shape index (κ1) is 14.4. The van der Waals surface area contributed by atoms with Crippen LogP contribution in [0.4, 0.5) is 0 Å². The standard InChI is InChI=1S/C14H10Cl2N2O2S/c1-8-7-21-14-17-10(5-13(19)18(8)14)6-20-12-3-2-9(15)4-11(12)16/h2-5,7H,6H2,1H3. The van der Waals surface area contributed by atoms with Gasteiger partial charge in [-0.15, -0.1) is 11.3 Å².